The fourth-order valence-corrected chi connectivity index (χ4v) is 0.576. The molecule has 0 unspecified atom stereocenters. The monoisotopic (exact) mass is 213 g/mol. The van der Waals surface area contributed by atoms with Crippen LogP contribution >= 0.6 is 0 Å². The Morgan fingerprint density at radius 2 is 2.07 bits per heavy atom. The van der Waals surface area contributed by atoms with Crippen molar-refractivity contribution in [2.24, 2.45) is 0 Å². The van der Waals surface area contributed by atoms with Crippen LogP contribution in [0.4, 0.5) is 17.6 Å². The summed E-state index contributed by atoms with van der Waals surface area (Å²) in [6, 6.07) is 0. The number of nitrogens with one attached hydrogen (secondary N) is 1. The molecule has 0 rings (SSSR count). The molecule has 0 aromatic heterocycles. The van der Waals surface area contributed by atoms with E-state index in [1.54, 1.807) is 0 Å². The number of ether oxygens (including phenoxy) is 1. The number of terminal acetylenes is 1. The van der Waals surface area contributed by atoms with E-state index in [1.165, 1.54) is 0 Å². The zero-order valence-corrected chi connectivity index (χ0v) is 7.40. The molecule has 1 N–H and O–H groups in total. The van der Waals surface area contributed by atoms with Gasteiger partial charge in [0.15, 0.2) is 0 Å². The third-order valence-corrected chi connectivity index (χ3v) is 1.26. The average molecular weight is 213 g/mol. The Morgan fingerprint density at radius 3 is 2.57 bits per heavy atom. The van der Waals surface area contributed by atoms with Crippen LogP contribution in [0.25, 0.3) is 0 Å². The standard InChI is InChI=1S/C8H11F4NO/c1-2-3-13-4-5-14-6-8(11,12)7(9)10/h1,7,13H,3-6H2. The Balaban J connectivity index is 3.41. The van der Waals surface area contributed by atoms with E-state index in [4.69, 9.17) is 6.42 Å². The minimum absolute atomic E-state index is 0.0794. The molecule has 0 saturated heterocycles. The van der Waals surface area contributed by atoms with Crippen molar-refractivity contribution in [3.63, 3.8) is 0 Å². The average Bonchev–Trinajstić information content (AvgIpc) is 2.10. The van der Waals surface area contributed by atoms with Crippen molar-refractivity contribution in [1.29, 1.82) is 0 Å². The predicted octanol–water partition coefficient (Wildman–Crippen LogP) is 1.13. The fourth-order valence-electron chi connectivity index (χ4n) is 0.576. The molecule has 0 heterocycles. The maximum atomic E-state index is 12.2. The summed E-state index contributed by atoms with van der Waals surface area (Å²) >= 11 is 0. The van der Waals surface area contributed by atoms with Gasteiger partial charge < -0.3 is 10.1 Å². The largest absolute Gasteiger partial charge is 0.374 e. The highest BCUT2D eigenvalue weighted by molar-refractivity contribution is 4.86. The number of hydrogen-bond acceptors (Lipinski definition) is 2. The Kier molecular flexibility index (Phi) is 6.25. The van der Waals surface area contributed by atoms with E-state index in [0.717, 1.165) is 0 Å². The van der Waals surface area contributed by atoms with Gasteiger partial charge in [0, 0.05) is 6.54 Å². The zero-order valence-electron chi connectivity index (χ0n) is 7.40. The second-order valence-electron chi connectivity index (χ2n) is 2.50. The van der Waals surface area contributed by atoms with Crippen molar-refractivity contribution >= 4 is 0 Å². The first-order valence-electron chi connectivity index (χ1n) is 3.88. The summed E-state index contributed by atoms with van der Waals surface area (Å²) in [5, 5.41) is 2.66. The first-order valence-corrected chi connectivity index (χ1v) is 3.88. The topological polar surface area (TPSA) is 21.3 Å². The highest BCUT2D eigenvalue weighted by Crippen LogP contribution is 2.22. The normalized spacial score (nSPS) is 11.7. The summed E-state index contributed by atoms with van der Waals surface area (Å²) in [5.74, 6) is -1.82. The lowest BCUT2D eigenvalue weighted by Crippen LogP contribution is -2.33. The van der Waals surface area contributed by atoms with E-state index in [2.05, 4.69) is 16.0 Å². The molecule has 14 heavy (non-hydrogen) atoms. The molecule has 2 nitrogen and oxygen atoms in total. The van der Waals surface area contributed by atoms with Gasteiger partial charge in [-0.2, -0.15) is 8.78 Å². The maximum absolute atomic E-state index is 12.2. The molecule has 0 spiro atoms. The van der Waals surface area contributed by atoms with Gasteiger partial charge in [0.05, 0.1) is 13.2 Å². The molecule has 6 heteroatoms. The van der Waals surface area contributed by atoms with Crippen LogP contribution in [-0.2, 0) is 4.74 Å². The SMILES string of the molecule is C#CCNCCOCC(F)(F)C(F)F. The van der Waals surface area contributed by atoms with Crippen LogP contribution < -0.4 is 5.32 Å². The molecule has 0 aromatic rings. The number of rotatable bonds is 7. The first-order chi connectivity index (χ1) is 6.50. The van der Waals surface area contributed by atoms with Gasteiger partial charge in [0.1, 0.15) is 6.61 Å². The van der Waals surface area contributed by atoms with Gasteiger partial charge in [0.2, 0.25) is 0 Å². The Bertz CT molecular complexity index is 190. The highest BCUT2D eigenvalue weighted by Gasteiger charge is 2.40. The number of halogens is 4. The molecule has 82 valence electrons. The van der Waals surface area contributed by atoms with Crippen molar-refractivity contribution in [3.8, 4) is 12.3 Å². The molecule has 0 saturated carbocycles. The molecule has 0 aliphatic rings. The molecule has 0 radical (unpaired) electrons. The molecular weight excluding hydrogens is 202 g/mol. The van der Waals surface area contributed by atoms with Crippen LogP contribution in [0.3, 0.4) is 0 Å². The molecule has 0 aromatic carbocycles. The lowest BCUT2D eigenvalue weighted by Gasteiger charge is -2.14. The van der Waals surface area contributed by atoms with Gasteiger partial charge in [-0.15, -0.1) is 6.42 Å². The Labute approximate surface area is 79.6 Å². The smallest absolute Gasteiger partial charge is 0.330 e. The second kappa shape index (κ2) is 6.62. The summed E-state index contributed by atoms with van der Waals surface area (Å²) in [5.41, 5.74) is 0. The van der Waals surface area contributed by atoms with Gasteiger partial charge in [-0.25, -0.2) is 8.78 Å². The van der Waals surface area contributed by atoms with Crippen LogP contribution in [0, 0.1) is 12.3 Å². The zero-order chi connectivity index (χ0) is 11.0. The summed E-state index contributed by atoms with van der Waals surface area (Å²) in [6.07, 6.45) is 1.19. The van der Waals surface area contributed by atoms with Gasteiger partial charge in [-0.1, -0.05) is 5.92 Å². The van der Waals surface area contributed by atoms with E-state index in [9.17, 15) is 17.6 Å². The van der Waals surface area contributed by atoms with Crippen LogP contribution in [0.15, 0.2) is 0 Å². The van der Waals surface area contributed by atoms with Crippen molar-refractivity contribution in [2.45, 2.75) is 12.3 Å². The van der Waals surface area contributed by atoms with E-state index >= 15 is 0 Å². The molecule has 0 bridgehead atoms. The van der Waals surface area contributed by atoms with Crippen molar-refractivity contribution in [1.82, 2.24) is 5.32 Å². The van der Waals surface area contributed by atoms with Crippen molar-refractivity contribution in [3.05, 3.63) is 0 Å². The molecule has 0 aliphatic carbocycles. The van der Waals surface area contributed by atoms with Crippen LogP contribution in [-0.4, -0.2) is 38.7 Å². The minimum Gasteiger partial charge on any atom is -0.374 e. The first kappa shape index (κ1) is 13.2. The number of hydrogen-bond donors (Lipinski definition) is 1. The number of alkyl halides is 4. The van der Waals surface area contributed by atoms with Gasteiger partial charge >= 0.3 is 12.3 Å². The van der Waals surface area contributed by atoms with E-state index in [-0.39, 0.29) is 19.7 Å². The summed E-state index contributed by atoms with van der Waals surface area (Å²) in [4.78, 5) is 0. The van der Waals surface area contributed by atoms with Gasteiger partial charge in [-0.3, -0.25) is 0 Å². The van der Waals surface area contributed by atoms with Gasteiger partial charge in [0.25, 0.3) is 0 Å². The van der Waals surface area contributed by atoms with E-state index < -0.39 is 19.0 Å². The highest BCUT2D eigenvalue weighted by atomic mass is 19.3. The molecule has 0 amide bonds. The molecule has 0 aliphatic heterocycles. The third-order valence-electron chi connectivity index (χ3n) is 1.26. The fraction of sp³-hybridized carbons (Fsp3) is 0.750. The van der Waals surface area contributed by atoms with Crippen LogP contribution in [0.1, 0.15) is 0 Å². The summed E-state index contributed by atoms with van der Waals surface area (Å²) in [7, 11) is 0. The van der Waals surface area contributed by atoms with E-state index in [0.29, 0.717) is 0 Å². The van der Waals surface area contributed by atoms with Crippen molar-refractivity contribution in [2.75, 3.05) is 26.3 Å². The maximum Gasteiger partial charge on any atom is 0.330 e. The molecule has 0 fully saturated rings. The Hall–Kier alpha value is -0.800. The van der Waals surface area contributed by atoms with Crippen LogP contribution in [0.2, 0.25) is 0 Å². The summed E-state index contributed by atoms with van der Waals surface area (Å²) < 4.78 is 51.9. The van der Waals surface area contributed by atoms with E-state index in [1.807, 2.05) is 0 Å². The lowest BCUT2D eigenvalue weighted by atomic mass is 10.4. The molecule has 0 atom stereocenters. The summed E-state index contributed by atoms with van der Waals surface area (Å²) in [6.45, 7) is -0.815. The molecular formula is C8H11F4NO. The Morgan fingerprint density at radius 1 is 1.43 bits per heavy atom. The third kappa shape index (κ3) is 5.78. The van der Waals surface area contributed by atoms with Crippen molar-refractivity contribution < 1.29 is 22.3 Å². The van der Waals surface area contributed by atoms with Gasteiger partial charge in [-0.05, 0) is 0 Å². The van der Waals surface area contributed by atoms with Crippen LogP contribution in [0.5, 0.6) is 0 Å². The quantitative estimate of drug-likeness (QED) is 0.389. The minimum atomic E-state index is -4.08. The predicted molar refractivity (Wildman–Crippen MR) is 43.5 cm³/mol. The second-order valence-corrected chi connectivity index (χ2v) is 2.50. The lowest BCUT2D eigenvalue weighted by molar-refractivity contribution is -0.165.